The highest BCUT2D eigenvalue weighted by Gasteiger charge is 2.53. The first kappa shape index (κ1) is 61.7. The van der Waals surface area contributed by atoms with Crippen molar-refractivity contribution in [2.45, 2.75) is 307 Å². The first-order chi connectivity index (χ1) is 32.5. The molecule has 6 N–H and O–H groups in total. The topological polar surface area (TPSA) is 202 Å². The fourth-order valence-electron chi connectivity index (χ4n) is 9.68. The molecule has 0 bridgehead atoms. The van der Waals surface area contributed by atoms with Crippen LogP contribution < -0.4 is 0 Å². The number of hydrogen-bond donors (Lipinski definition) is 6. The van der Waals surface area contributed by atoms with E-state index in [1.807, 2.05) is 0 Å². The van der Waals surface area contributed by atoms with Gasteiger partial charge in [0.25, 0.3) is 0 Å². The average molecular weight is 959 g/mol. The van der Waals surface area contributed by atoms with Gasteiger partial charge >= 0.3 is 11.9 Å². The number of carbonyl (C=O) groups excluding carboxylic acids is 2. The van der Waals surface area contributed by atoms with Crippen molar-refractivity contribution in [1.82, 2.24) is 0 Å². The molecule has 4 unspecified atom stereocenters. The predicted molar refractivity (Wildman–Crippen MR) is 263 cm³/mol. The number of ether oxygens (including phenoxy) is 5. The van der Waals surface area contributed by atoms with Crippen molar-refractivity contribution in [1.29, 1.82) is 0 Å². The Bertz CT molecular complexity index is 1190. The quantitative estimate of drug-likeness (QED) is 0.0250. The van der Waals surface area contributed by atoms with Gasteiger partial charge in [-0.2, -0.15) is 0 Å². The summed E-state index contributed by atoms with van der Waals surface area (Å²) >= 11 is 0. The molecule has 2 rings (SSSR count). The van der Waals surface area contributed by atoms with Crippen LogP contribution in [0.15, 0.2) is 0 Å². The fourth-order valence-corrected chi connectivity index (χ4v) is 9.68. The molecule has 396 valence electrons. The molecule has 2 aliphatic heterocycles. The molecule has 0 aromatic rings. The summed E-state index contributed by atoms with van der Waals surface area (Å²) in [6.45, 7) is 6.97. The van der Waals surface area contributed by atoms with E-state index < -0.39 is 92.5 Å². The number of carbonyl (C=O) groups is 2. The van der Waals surface area contributed by atoms with E-state index in [0.717, 1.165) is 44.9 Å². The fraction of sp³-hybridized carbons (Fsp3) is 0.963. The van der Waals surface area contributed by atoms with Gasteiger partial charge in [-0.25, -0.2) is 0 Å². The van der Waals surface area contributed by atoms with Crippen LogP contribution in [0.25, 0.3) is 0 Å². The molecule has 0 amide bonds. The molecule has 12 atom stereocenters. The summed E-state index contributed by atoms with van der Waals surface area (Å²) in [6, 6.07) is 0. The average Bonchev–Trinajstić information content (AvgIpc) is 3.31. The Labute approximate surface area is 407 Å². The molecule has 0 saturated carbocycles. The standard InChI is InChI=1S/C54H102O13/c1-5-7-9-11-13-15-17-19-21-23-24-26-28-30-32-34-36-41(3)38-42(4)52(62)66-50-47(59)44(40-56)64-54(67-53-49(61)48(60)46(58)43(39-55)63-53)51(50)65-45(57)37-35-33-31-29-27-25-22-20-18-16-14-12-10-8-6-2/h41-44,46-51,53-56,58-61H,5-40H2,1-4H3/t41-,42-,43?,44?,46+,47+,48?,49-,50?,51+,53+,54+/m0/s1. The minimum Gasteiger partial charge on any atom is -0.455 e. The Balaban J connectivity index is 1.87. The van der Waals surface area contributed by atoms with E-state index in [9.17, 15) is 40.2 Å². The van der Waals surface area contributed by atoms with Crippen LogP contribution in [-0.4, -0.2) is 117 Å². The zero-order valence-corrected chi connectivity index (χ0v) is 42.9. The lowest BCUT2D eigenvalue weighted by molar-refractivity contribution is -0.377. The molecule has 13 heteroatoms. The van der Waals surface area contributed by atoms with Crippen LogP contribution in [0.5, 0.6) is 0 Å². The summed E-state index contributed by atoms with van der Waals surface area (Å²) in [5, 5.41) is 62.9. The van der Waals surface area contributed by atoms with E-state index in [1.54, 1.807) is 6.92 Å². The van der Waals surface area contributed by atoms with E-state index >= 15 is 0 Å². The van der Waals surface area contributed by atoms with Gasteiger partial charge in [0.1, 0.15) is 36.6 Å². The third kappa shape index (κ3) is 26.6. The second-order valence-electron chi connectivity index (χ2n) is 20.4. The number of aliphatic hydroxyl groups excluding tert-OH is 6. The van der Waals surface area contributed by atoms with Crippen LogP contribution >= 0.6 is 0 Å². The van der Waals surface area contributed by atoms with E-state index in [0.29, 0.717) is 12.8 Å². The van der Waals surface area contributed by atoms with Crippen molar-refractivity contribution in [3.63, 3.8) is 0 Å². The molecule has 2 fully saturated rings. The Kier molecular flexibility index (Phi) is 36.1. The van der Waals surface area contributed by atoms with Gasteiger partial charge in [0.15, 0.2) is 18.5 Å². The largest absolute Gasteiger partial charge is 0.455 e. The Hall–Kier alpha value is -1.42. The van der Waals surface area contributed by atoms with Crippen molar-refractivity contribution in [3.05, 3.63) is 0 Å². The summed E-state index contributed by atoms with van der Waals surface area (Å²) in [4.78, 5) is 27.1. The van der Waals surface area contributed by atoms with E-state index in [1.165, 1.54) is 154 Å². The van der Waals surface area contributed by atoms with Crippen LogP contribution in [0.3, 0.4) is 0 Å². The van der Waals surface area contributed by atoms with Crippen molar-refractivity contribution in [2.24, 2.45) is 11.8 Å². The summed E-state index contributed by atoms with van der Waals surface area (Å²) < 4.78 is 29.1. The van der Waals surface area contributed by atoms with Crippen molar-refractivity contribution in [2.75, 3.05) is 13.2 Å². The summed E-state index contributed by atoms with van der Waals surface area (Å²) in [5.41, 5.74) is 0. The van der Waals surface area contributed by atoms with Gasteiger partial charge in [-0.1, -0.05) is 227 Å². The number of hydrogen-bond acceptors (Lipinski definition) is 13. The maximum absolute atomic E-state index is 13.7. The second-order valence-corrected chi connectivity index (χ2v) is 20.4. The van der Waals surface area contributed by atoms with Crippen molar-refractivity contribution in [3.8, 4) is 0 Å². The van der Waals surface area contributed by atoms with Gasteiger partial charge in [0, 0.05) is 6.42 Å². The molecule has 0 aromatic carbocycles. The molecule has 0 aromatic heterocycles. The Morgan fingerprint density at radius 2 is 0.851 bits per heavy atom. The van der Waals surface area contributed by atoms with Crippen LogP contribution in [0.1, 0.15) is 246 Å². The molecule has 0 aliphatic carbocycles. The summed E-state index contributed by atoms with van der Waals surface area (Å²) in [7, 11) is 0. The minimum atomic E-state index is -1.81. The third-order valence-electron chi connectivity index (χ3n) is 14.1. The first-order valence-corrected chi connectivity index (χ1v) is 27.8. The smallest absolute Gasteiger partial charge is 0.309 e. The molecule has 2 heterocycles. The molecule has 2 saturated heterocycles. The van der Waals surface area contributed by atoms with Crippen LogP contribution in [-0.2, 0) is 33.3 Å². The minimum absolute atomic E-state index is 0.0506. The third-order valence-corrected chi connectivity index (χ3v) is 14.1. The molecule has 67 heavy (non-hydrogen) atoms. The molecule has 2 aliphatic rings. The lowest BCUT2D eigenvalue weighted by atomic mass is 9.92. The predicted octanol–water partition coefficient (Wildman–Crippen LogP) is 10.3. The van der Waals surface area contributed by atoms with Crippen LogP contribution in [0.4, 0.5) is 0 Å². The summed E-state index contributed by atoms with van der Waals surface area (Å²) in [6.07, 6.45) is 24.3. The Morgan fingerprint density at radius 1 is 0.463 bits per heavy atom. The zero-order valence-electron chi connectivity index (χ0n) is 42.9. The number of unbranched alkanes of at least 4 members (excludes halogenated alkanes) is 29. The van der Waals surface area contributed by atoms with Gasteiger partial charge in [-0.3, -0.25) is 9.59 Å². The second kappa shape index (κ2) is 39.2. The monoisotopic (exact) mass is 959 g/mol. The van der Waals surface area contributed by atoms with Crippen LogP contribution in [0, 0.1) is 11.8 Å². The maximum atomic E-state index is 13.7. The van der Waals surface area contributed by atoms with Gasteiger partial charge in [0.05, 0.1) is 19.1 Å². The lowest BCUT2D eigenvalue weighted by Gasteiger charge is -2.46. The summed E-state index contributed by atoms with van der Waals surface area (Å²) in [5.74, 6) is -1.57. The molecule has 0 radical (unpaired) electrons. The highest BCUT2D eigenvalue weighted by Crippen LogP contribution is 2.32. The highest BCUT2D eigenvalue weighted by atomic mass is 16.8. The molecule has 0 spiro atoms. The zero-order chi connectivity index (χ0) is 49.1. The highest BCUT2D eigenvalue weighted by molar-refractivity contribution is 5.72. The molecular formula is C54H102O13. The van der Waals surface area contributed by atoms with E-state index in [4.69, 9.17) is 23.7 Å². The number of aliphatic hydroxyl groups is 6. The van der Waals surface area contributed by atoms with Gasteiger partial charge in [-0.15, -0.1) is 0 Å². The van der Waals surface area contributed by atoms with Gasteiger partial charge in [0.2, 0.25) is 6.29 Å². The number of esters is 2. The van der Waals surface area contributed by atoms with Crippen molar-refractivity contribution >= 4 is 11.9 Å². The normalized spacial score (nSPS) is 26.4. The van der Waals surface area contributed by atoms with Crippen molar-refractivity contribution < 1.29 is 63.9 Å². The maximum Gasteiger partial charge on any atom is 0.309 e. The van der Waals surface area contributed by atoms with E-state index in [-0.39, 0.29) is 12.3 Å². The number of rotatable bonds is 42. The van der Waals surface area contributed by atoms with Crippen LogP contribution in [0.2, 0.25) is 0 Å². The van der Waals surface area contributed by atoms with Gasteiger partial charge < -0.3 is 54.3 Å². The SMILES string of the molecule is CCCCCCCCCCCCCCCCCC[C@H](C)C[C@H](C)C(=O)OC1[C@H](O)C(CO)O[C@H](O[C@H]2OC(CO)[C@@H](O)C(O)[C@@H]2O)[C@@H]1OC(=O)CCCCCCCCCCCCCCCCC. The lowest BCUT2D eigenvalue weighted by Crippen LogP contribution is -2.65. The van der Waals surface area contributed by atoms with E-state index in [2.05, 4.69) is 20.8 Å². The molecule has 13 nitrogen and oxygen atoms in total. The first-order valence-electron chi connectivity index (χ1n) is 27.8. The Morgan fingerprint density at radius 3 is 1.28 bits per heavy atom. The molecular weight excluding hydrogens is 857 g/mol. The van der Waals surface area contributed by atoms with Gasteiger partial charge in [-0.05, 0) is 18.8 Å².